The molecule has 0 saturated heterocycles. The van der Waals surface area contributed by atoms with Crippen LogP contribution < -0.4 is 0 Å². The van der Waals surface area contributed by atoms with Crippen molar-refractivity contribution in [2.24, 2.45) is 0 Å². The third kappa shape index (κ3) is 5.67. The van der Waals surface area contributed by atoms with Gasteiger partial charge < -0.3 is 4.74 Å². The van der Waals surface area contributed by atoms with E-state index in [1.807, 2.05) is 27.0 Å². The zero-order valence-electron chi connectivity index (χ0n) is 11.4. The van der Waals surface area contributed by atoms with E-state index < -0.39 is 0 Å². The van der Waals surface area contributed by atoms with E-state index >= 15 is 0 Å². The molecule has 0 radical (unpaired) electrons. The van der Waals surface area contributed by atoms with E-state index in [9.17, 15) is 10.1 Å². The van der Waals surface area contributed by atoms with Crippen molar-refractivity contribution < 1.29 is 9.66 Å². The summed E-state index contributed by atoms with van der Waals surface area (Å²) in [4.78, 5) is 12.5. The van der Waals surface area contributed by atoms with Gasteiger partial charge in [0.15, 0.2) is 0 Å². The quantitative estimate of drug-likeness (QED) is 0.569. The summed E-state index contributed by atoms with van der Waals surface area (Å²) in [6, 6.07) is 5.20. The number of likely N-dealkylation sites (N-methyl/N-ethyl adjacent to an activating group) is 1. The fourth-order valence-corrected chi connectivity index (χ4v) is 2.02. The summed E-state index contributed by atoms with van der Waals surface area (Å²) in [7, 11) is 1.97. The van der Waals surface area contributed by atoms with E-state index in [0.29, 0.717) is 17.6 Å². The van der Waals surface area contributed by atoms with Crippen LogP contribution in [0, 0.1) is 10.1 Å². The van der Waals surface area contributed by atoms with E-state index in [2.05, 4.69) is 20.8 Å². The molecule has 0 heterocycles. The monoisotopic (exact) mass is 330 g/mol. The number of benzene rings is 1. The summed E-state index contributed by atoms with van der Waals surface area (Å²) in [5.41, 5.74) is 1.02. The van der Waals surface area contributed by atoms with Crippen molar-refractivity contribution in [1.82, 2.24) is 4.90 Å². The van der Waals surface area contributed by atoms with Crippen LogP contribution in [0.2, 0.25) is 0 Å². The Hall–Kier alpha value is -0.980. The van der Waals surface area contributed by atoms with Crippen LogP contribution in [0.1, 0.15) is 19.4 Å². The molecule has 0 aliphatic carbocycles. The zero-order valence-corrected chi connectivity index (χ0v) is 13.0. The van der Waals surface area contributed by atoms with Gasteiger partial charge in [-0.1, -0.05) is 6.07 Å². The number of nitrogens with zero attached hydrogens (tertiary/aromatic N) is 2. The number of hydrogen-bond donors (Lipinski definition) is 0. The van der Waals surface area contributed by atoms with Crippen molar-refractivity contribution in [2.45, 2.75) is 26.5 Å². The summed E-state index contributed by atoms with van der Waals surface area (Å²) in [6.07, 6.45) is 0.224. The molecule has 0 N–H and O–H groups in total. The Kier molecular flexibility index (Phi) is 6.41. The highest BCUT2D eigenvalue weighted by Crippen LogP contribution is 2.25. The van der Waals surface area contributed by atoms with Gasteiger partial charge >= 0.3 is 0 Å². The first kappa shape index (κ1) is 16.1. The molecule has 0 fully saturated rings. The van der Waals surface area contributed by atoms with Gasteiger partial charge in [0, 0.05) is 19.2 Å². The second-order valence-electron chi connectivity index (χ2n) is 4.70. The van der Waals surface area contributed by atoms with Crippen LogP contribution in [0.5, 0.6) is 0 Å². The molecule has 0 unspecified atom stereocenters. The highest BCUT2D eigenvalue weighted by atomic mass is 79.9. The van der Waals surface area contributed by atoms with Gasteiger partial charge in [-0.2, -0.15) is 0 Å². The van der Waals surface area contributed by atoms with Crippen molar-refractivity contribution in [3.63, 3.8) is 0 Å². The number of hydrogen-bond acceptors (Lipinski definition) is 4. The average molecular weight is 331 g/mol. The lowest BCUT2D eigenvalue weighted by Gasteiger charge is -2.17. The van der Waals surface area contributed by atoms with E-state index in [-0.39, 0.29) is 16.7 Å². The van der Waals surface area contributed by atoms with Crippen LogP contribution >= 0.6 is 15.9 Å². The van der Waals surface area contributed by atoms with Gasteiger partial charge in [-0.15, -0.1) is 0 Å². The molecule has 1 aromatic rings. The minimum atomic E-state index is -0.380. The van der Waals surface area contributed by atoms with E-state index in [1.54, 1.807) is 12.1 Å². The summed E-state index contributed by atoms with van der Waals surface area (Å²) in [6.45, 7) is 6.11. The van der Waals surface area contributed by atoms with Crippen molar-refractivity contribution >= 4 is 21.6 Å². The molecule has 1 rings (SSSR count). The third-order valence-corrected chi connectivity index (χ3v) is 3.25. The zero-order chi connectivity index (χ0) is 14.4. The van der Waals surface area contributed by atoms with Gasteiger partial charge in [-0.05, 0) is 48.5 Å². The lowest BCUT2D eigenvalue weighted by Crippen LogP contribution is -2.24. The van der Waals surface area contributed by atoms with Gasteiger partial charge in [0.05, 0.1) is 22.1 Å². The Morgan fingerprint density at radius 3 is 2.74 bits per heavy atom. The number of ether oxygens (including phenoxy) is 1. The minimum Gasteiger partial charge on any atom is -0.377 e. The molecule has 1 aromatic carbocycles. The molecule has 0 spiro atoms. The number of nitro groups is 1. The van der Waals surface area contributed by atoms with Crippen LogP contribution in [0.25, 0.3) is 0 Å². The number of rotatable bonds is 7. The minimum absolute atomic E-state index is 0.101. The van der Waals surface area contributed by atoms with E-state index in [1.165, 1.54) is 0 Å². The molecule has 0 atom stereocenters. The van der Waals surface area contributed by atoms with Crippen LogP contribution in [0.4, 0.5) is 5.69 Å². The molecule has 0 bridgehead atoms. The Morgan fingerprint density at radius 1 is 1.47 bits per heavy atom. The Morgan fingerprint density at radius 2 is 2.16 bits per heavy atom. The molecule has 19 heavy (non-hydrogen) atoms. The molecule has 5 nitrogen and oxygen atoms in total. The number of nitro benzene ring substituents is 1. The molecule has 6 heteroatoms. The summed E-state index contributed by atoms with van der Waals surface area (Å²) < 4.78 is 5.98. The van der Waals surface area contributed by atoms with Gasteiger partial charge in [0.2, 0.25) is 0 Å². The van der Waals surface area contributed by atoms with Gasteiger partial charge in [0.1, 0.15) is 0 Å². The second-order valence-corrected chi connectivity index (χ2v) is 5.55. The molecule has 0 aromatic heterocycles. The maximum absolute atomic E-state index is 10.8. The summed E-state index contributed by atoms with van der Waals surface area (Å²) in [5, 5.41) is 10.8. The maximum atomic E-state index is 10.8. The molecule has 0 aliphatic rings. The normalized spacial score (nSPS) is 11.3. The highest BCUT2D eigenvalue weighted by molar-refractivity contribution is 9.10. The third-order valence-electron chi connectivity index (χ3n) is 2.58. The van der Waals surface area contributed by atoms with Crippen molar-refractivity contribution in [3.05, 3.63) is 38.3 Å². The fourth-order valence-electron chi connectivity index (χ4n) is 1.63. The SMILES string of the molecule is CC(C)OCCN(C)Cc1ccc(Br)c([N+](=O)[O-])c1. The molecular formula is C13H19BrN2O3. The second kappa shape index (κ2) is 7.57. The predicted octanol–water partition coefficient (Wildman–Crippen LogP) is 3.21. The van der Waals surface area contributed by atoms with Crippen LogP contribution in [-0.2, 0) is 11.3 Å². The highest BCUT2D eigenvalue weighted by Gasteiger charge is 2.13. The predicted molar refractivity (Wildman–Crippen MR) is 78.2 cm³/mol. The Labute approximate surface area is 121 Å². The van der Waals surface area contributed by atoms with Crippen LogP contribution in [0.3, 0.4) is 0 Å². The smallest absolute Gasteiger partial charge is 0.283 e. The fraction of sp³-hybridized carbons (Fsp3) is 0.538. The molecule has 106 valence electrons. The van der Waals surface area contributed by atoms with Gasteiger partial charge in [0.25, 0.3) is 5.69 Å². The number of halogens is 1. The summed E-state index contributed by atoms with van der Waals surface area (Å²) >= 11 is 3.18. The van der Waals surface area contributed by atoms with Gasteiger partial charge in [-0.3, -0.25) is 15.0 Å². The van der Waals surface area contributed by atoms with Crippen LogP contribution in [-0.4, -0.2) is 36.1 Å². The van der Waals surface area contributed by atoms with E-state index in [0.717, 1.165) is 12.1 Å². The molecule has 0 saturated carbocycles. The largest absolute Gasteiger partial charge is 0.377 e. The Balaban J connectivity index is 2.57. The van der Waals surface area contributed by atoms with E-state index in [4.69, 9.17) is 4.74 Å². The van der Waals surface area contributed by atoms with Crippen molar-refractivity contribution in [2.75, 3.05) is 20.2 Å². The Bertz CT molecular complexity index is 438. The topological polar surface area (TPSA) is 55.6 Å². The first-order chi connectivity index (χ1) is 8.90. The van der Waals surface area contributed by atoms with Crippen molar-refractivity contribution in [1.29, 1.82) is 0 Å². The van der Waals surface area contributed by atoms with Gasteiger partial charge in [-0.25, -0.2) is 0 Å². The standard InChI is InChI=1S/C13H19BrN2O3/c1-10(2)19-7-6-15(3)9-11-4-5-12(14)13(8-11)16(17)18/h4-5,8,10H,6-7,9H2,1-3H3. The van der Waals surface area contributed by atoms with Crippen molar-refractivity contribution in [3.8, 4) is 0 Å². The lowest BCUT2D eigenvalue weighted by atomic mass is 10.2. The first-order valence-corrected chi connectivity index (χ1v) is 6.92. The van der Waals surface area contributed by atoms with Crippen LogP contribution in [0.15, 0.2) is 22.7 Å². The molecule has 0 aliphatic heterocycles. The molecular weight excluding hydrogens is 312 g/mol. The summed E-state index contributed by atoms with van der Waals surface area (Å²) in [5.74, 6) is 0. The lowest BCUT2D eigenvalue weighted by molar-refractivity contribution is -0.385. The average Bonchev–Trinajstić information content (AvgIpc) is 2.30. The molecule has 0 amide bonds. The first-order valence-electron chi connectivity index (χ1n) is 6.13. The maximum Gasteiger partial charge on any atom is 0.283 e.